The molecular formula is C28H31F2N9O. The third-order valence-corrected chi connectivity index (χ3v) is 8.04. The summed E-state index contributed by atoms with van der Waals surface area (Å²) in [5.74, 6) is -3.20. The molecule has 1 atom stereocenters. The van der Waals surface area contributed by atoms with Gasteiger partial charge in [0.15, 0.2) is 0 Å². The quantitative estimate of drug-likeness (QED) is 0.152. The summed E-state index contributed by atoms with van der Waals surface area (Å²) in [4.78, 5) is 25.0. The van der Waals surface area contributed by atoms with E-state index < -0.39 is 17.3 Å². The number of anilines is 1. The fourth-order valence-corrected chi connectivity index (χ4v) is 5.48. The standard InChI is InChI=1S/C28H31F2N9O/c1-18(19-4-2-5-21(14-19)28(29,30)20-6-11-33-12-7-20)37-24-22-15-23(27(16-31)8-9-27)26(40)39(13-3-10-36-38-32)25(22)35-17-34-24/h2,4-5,14-15,17-18,20,33H,3,6-13H2,1H3,(H,34,35,37). The van der Waals surface area contributed by atoms with Crippen LogP contribution in [0.3, 0.4) is 0 Å². The van der Waals surface area contributed by atoms with Crippen molar-refractivity contribution < 1.29 is 8.78 Å². The van der Waals surface area contributed by atoms with Crippen LogP contribution in [0.15, 0.2) is 46.6 Å². The zero-order valence-electron chi connectivity index (χ0n) is 22.3. The van der Waals surface area contributed by atoms with Crippen LogP contribution < -0.4 is 16.2 Å². The van der Waals surface area contributed by atoms with Crippen LogP contribution >= 0.6 is 0 Å². The van der Waals surface area contributed by atoms with Gasteiger partial charge >= 0.3 is 0 Å². The van der Waals surface area contributed by atoms with E-state index in [2.05, 4.69) is 36.7 Å². The maximum atomic E-state index is 15.4. The molecule has 2 aromatic heterocycles. The molecule has 0 radical (unpaired) electrons. The van der Waals surface area contributed by atoms with Gasteiger partial charge in [0.25, 0.3) is 11.5 Å². The second kappa shape index (κ2) is 11.2. The van der Waals surface area contributed by atoms with Gasteiger partial charge in [-0.15, -0.1) is 0 Å². The average Bonchev–Trinajstić information content (AvgIpc) is 3.78. The topological polar surface area (TPSA) is 144 Å². The molecule has 1 saturated carbocycles. The summed E-state index contributed by atoms with van der Waals surface area (Å²) >= 11 is 0. The van der Waals surface area contributed by atoms with Crippen LogP contribution in [0.4, 0.5) is 14.6 Å². The number of alkyl halides is 2. The number of nitrogens with zero attached hydrogens (tertiary/aromatic N) is 7. The molecule has 3 aromatic rings. The Hall–Kier alpha value is -4.07. The minimum Gasteiger partial charge on any atom is -0.363 e. The van der Waals surface area contributed by atoms with Gasteiger partial charge in [-0.2, -0.15) is 5.26 Å². The van der Waals surface area contributed by atoms with Crippen molar-refractivity contribution in [1.29, 1.82) is 5.26 Å². The molecule has 1 aliphatic heterocycles. The highest BCUT2D eigenvalue weighted by Gasteiger charge is 2.47. The molecule has 0 spiro atoms. The molecule has 1 saturated heterocycles. The predicted molar refractivity (Wildman–Crippen MR) is 147 cm³/mol. The molecule has 12 heteroatoms. The van der Waals surface area contributed by atoms with Crippen LogP contribution in [-0.4, -0.2) is 34.2 Å². The Balaban J connectivity index is 1.49. The molecule has 2 N–H and O–H groups in total. The molecule has 1 unspecified atom stereocenters. The van der Waals surface area contributed by atoms with Crippen LogP contribution in [0, 0.1) is 17.2 Å². The first-order valence-corrected chi connectivity index (χ1v) is 13.6. The summed E-state index contributed by atoms with van der Waals surface area (Å²) in [6.45, 7) is 3.51. The van der Waals surface area contributed by atoms with Crippen LogP contribution in [-0.2, 0) is 17.9 Å². The fourth-order valence-electron chi connectivity index (χ4n) is 5.48. The van der Waals surface area contributed by atoms with E-state index in [1.165, 1.54) is 17.0 Å². The number of nitriles is 1. The Morgan fingerprint density at radius 3 is 2.80 bits per heavy atom. The smallest absolute Gasteiger partial charge is 0.276 e. The van der Waals surface area contributed by atoms with Gasteiger partial charge in [0.05, 0.1) is 16.9 Å². The summed E-state index contributed by atoms with van der Waals surface area (Å²) < 4.78 is 32.3. The second-order valence-corrected chi connectivity index (χ2v) is 10.6. The van der Waals surface area contributed by atoms with Crippen LogP contribution in [0.2, 0.25) is 0 Å². The van der Waals surface area contributed by atoms with Crippen molar-refractivity contribution in [2.45, 2.75) is 63.0 Å². The van der Waals surface area contributed by atoms with Gasteiger partial charge in [0.2, 0.25) is 0 Å². The number of hydrogen-bond donors (Lipinski definition) is 2. The summed E-state index contributed by atoms with van der Waals surface area (Å²) in [5, 5.41) is 20.4. The molecule has 40 heavy (non-hydrogen) atoms. The molecular weight excluding hydrogens is 516 g/mol. The van der Waals surface area contributed by atoms with Crippen molar-refractivity contribution in [1.82, 2.24) is 19.9 Å². The Morgan fingerprint density at radius 2 is 2.10 bits per heavy atom. The molecule has 5 rings (SSSR count). The average molecular weight is 548 g/mol. The van der Waals surface area contributed by atoms with E-state index in [1.807, 2.05) is 6.92 Å². The number of aryl methyl sites for hydroxylation is 1. The summed E-state index contributed by atoms with van der Waals surface area (Å²) in [7, 11) is 0. The predicted octanol–water partition coefficient (Wildman–Crippen LogP) is 5.31. The van der Waals surface area contributed by atoms with Crippen LogP contribution in [0.1, 0.15) is 61.8 Å². The first kappa shape index (κ1) is 27.5. The molecule has 3 heterocycles. The van der Waals surface area contributed by atoms with Gasteiger partial charge in [-0.25, -0.2) is 18.7 Å². The summed E-state index contributed by atoms with van der Waals surface area (Å²) in [6, 6.07) is 10.1. The first-order chi connectivity index (χ1) is 19.3. The highest BCUT2D eigenvalue weighted by atomic mass is 19.3. The third kappa shape index (κ3) is 5.22. The van der Waals surface area contributed by atoms with Crippen molar-refractivity contribution >= 4 is 16.9 Å². The minimum atomic E-state index is -2.93. The number of benzene rings is 1. The van der Waals surface area contributed by atoms with E-state index in [4.69, 9.17) is 5.53 Å². The fraction of sp³-hybridized carbons (Fsp3) is 0.500. The van der Waals surface area contributed by atoms with E-state index in [0.717, 1.165) is 0 Å². The molecule has 2 fully saturated rings. The molecule has 1 aromatic carbocycles. The molecule has 10 nitrogen and oxygen atoms in total. The monoisotopic (exact) mass is 547 g/mol. The number of pyridine rings is 1. The number of hydrogen-bond acceptors (Lipinski definition) is 7. The largest absolute Gasteiger partial charge is 0.363 e. The molecule has 0 amide bonds. The van der Waals surface area contributed by atoms with Crippen molar-refractivity contribution in [3.05, 3.63) is 74.1 Å². The first-order valence-electron chi connectivity index (χ1n) is 13.6. The maximum absolute atomic E-state index is 15.4. The summed E-state index contributed by atoms with van der Waals surface area (Å²) in [5.41, 5.74) is 8.92. The molecule has 0 bridgehead atoms. The number of aromatic nitrogens is 3. The third-order valence-electron chi connectivity index (χ3n) is 8.04. The molecule has 208 valence electrons. The normalized spacial score (nSPS) is 17.6. The van der Waals surface area contributed by atoms with Gasteiger partial charge in [-0.1, -0.05) is 23.3 Å². The Kier molecular flexibility index (Phi) is 7.70. The van der Waals surface area contributed by atoms with E-state index in [1.54, 1.807) is 24.3 Å². The lowest BCUT2D eigenvalue weighted by atomic mass is 9.86. The van der Waals surface area contributed by atoms with E-state index >= 15 is 8.78 Å². The lowest BCUT2D eigenvalue weighted by molar-refractivity contribution is -0.0754. The molecule has 2 aliphatic rings. The van der Waals surface area contributed by atoms with Gasteiger partial charge in [0, 0.05) is 41.1 Å². The molecule has 1 aliphatic carbocycles. The van der Waals surface area contributed by atoms with E-state index in [-0.39, 0.29) is 30.3 Å². The Labute approximate surface area is 230 Å². The highest BCUT2D eigenvalue weighted by Crippen LogP contribution is 2.47. The zero-order valence-corrected chi connectivity index (χ0v) is 22.3. The highest BCUT2D eigenvalue weighted by molar-refractivity contribution is 5.87. The SMILES string of the molecule is CC(Nc1ncnc2c1cc(C1(C#N)CC1)c(=O)n2CCCN=[N+]=[N-])c1cccc(C(F)(F)C2CCNCC2)c1. The van der Waals surface area contributed by atoms with Gasteiger partial charge < -0.3 is 10.6 Å². The maximum Gasteiger partial charge on any atom is 0.276 e. The van der Waals surface area contributed by atoms with E-state index in [0.29, 0.717) is 73.2 Å². The lowest BCUT2D eigenvalue weighted by Crippen LogP contribution is -2.36. The zero-order chi connectivity index (χ0) is 28.3. The lowest BCUT2D eigenvalue weighted by Gasteiger charge is -2.31. The number of piperidine rings is 1. The minimum absolute atomic E-state index is 0.000978. The Morgan fingerprint density at radius 1 is 1.32 bits per heavy atom. The van der Waals surface area contributed by atoms with Crippen molar-refractivity contribution in [3.63, 3.8) is 0 Å². The van der Waals surface area contributed by atoms with Crippen LogP contribution in [0.5, 0.6) is 0 Å². The number of rotatable bonds is 10. The summed E-state index contributed by atoms with van der Waals surface area (Å²) in [6.07, 6.45) is 3.80. The van der Waals surface area contributed by atoms with Gasteiger partial charge in [-0.3, -0.25) is 9.36 Å². The van der Waals surface area contributed by atoms with E-state index in [9.17, 15) is 10.1 Å². The second-order valence-electron chi connectivity index (χ2n) is 10.6. The van der Waals surface area contributed by atoms with Gasteiger partial charge in [-0.05, 0) is 75.3 Å². The number of fused-ring (bicyclic) bond motifs is 1. The van der Waals surface area contributed by atoms with Crippen molar-refractivity contribution in [2.24, 2.45) is 11.0 Å². The van der Waals surface area contributed by atoms with Gasteiger partial charge in [0.1, 0.15) is 17.8 Å². The van der Waals surface area contributed by atoms with Crippen molar-refractivity contribution in [2.75, 3.05) is 25.0 Å². The number of azide groups is 1. The number of halogens is 2. The Bertz CT molecular complexity index is 1550. The van der Waals surface area contributed by atoms with Crippen LogP contribution in [0.25, 0.3) is 21.5 Å². The van der Waals surface area contributed by atoms with Crippen molar-refractivity contribution in [3.8, 4) is 6.07 Å². The number of nitrogens with one attached hydrogen (secondary N) is 2.